The summed E-state index contributed by atoms with van der Waals surface area (Å²) in [4.78, 5) is 15.0. The van der Waals surface area contributed by atoms with Gasteiger partial charge in [-0.15, -0.1) is 0 Å². The first-order chi connectivity index (χ1) is 19.9. The number of nitrogens with zero attached hydrogens (tertiary/aromatic N) is 2. The maximum Gasteiger partial charge on any atom is 0.416 e. The fraction of sp³-hybridized carbons (Fsp3) is 0.273. The third-order valence-corrected chi connectivity index (χ3v) is 8.11. The lowest BCUT2D eigenvalue weighted by molar-refractivity contribution is -0.137. The summed E-state index contributed by atoms with van der Waals surface area (Å²) in [5.74, 6) is -0.193. The summed E-state index contributed by atoms with van der Waals surface area (Å²) in [6.07, 6.45) is -3.32. The molecule has 0 saturated heterocycles. The van der Waals surface area contributed by atoms with E-state index >= 15 is 0 Å². The summed E-state index contributed by atoms with van der Waals surface area (Å²) in [5, 5.41) is 11.0. The number of aryl methyl sites for hydroxylation is 2. The van der Waals surface area contributed by atoms with Gasteiger partial charge in [-0.25, -0.2) is 0 Å². The maximum atomic E-state index is 13.6. The van der Waals surface area contributed by atoms with Crippen molar-refractivity contribution in [1.82, 2.24) is 0 Å². The summed E-state index contributed by atoms with van der Waals surface area (Å²) in [5.41, 5.74) is 11.2. The van der Waals surface area contributed by atoms with Gasteiger partial charge in [0.05, 0.1) is 23.1 Å². The topological polar surface area (TPSA) is 79.3 Å². The number of ketones is 1. The molecule has 3 aromatic rings. The van der Waals surface area contributed by atoms with Crippen LogP contribution in [0.3, 0.4) is 0 Å². The lowest BCUT2D eigenvalue weighted by Gasteiger charge is -2.40. The second-order valence-corrected chi connectivity index (χ2v) is 11.1. The third kappa shape index (κ3) is 5.37. The van der Waals surface area contributed by atoms with E-state index in [1.54, 1.807) is 6.07 Å². The summed E-state index contributed by atoms with van der Waals surface area (Å²) in [7, 11) is 0. The molecule has 5 rings (SSSR count). The number of anilines is 1. The van der Waals surface area contributed by atoms with E-state index in [0.717, 1.165) is 39.9 Å². The van der Waals surface area contributed by atoms with Crippen LogP contribution in [-0.2, 0) is 17.6 Å². The number of carbonyl (C=O) groups excluding carboxylic acids is 1. The molecule has 2 N–H and O–H groups in total. The number of ether oxygens (including phenoxy) is 1. The zero-order chi connectivity index (χ0) is 30.3. The summed E-state index contributed by atoms with van der Waals surface area (Å²) >= 11 is 6.09. The van der Waals surface area contributed by atoms with Crippen LogP contribution in [0.1, 0.15) is 58.6 Å². The van der Waals surface area contributed by atoms with E-state index in [0.29, 0.717) is 34.9 Å². The van der Waals surface area contributed by atoms with Crippen LogP contribution < -0.4 is 15.4 Å². The number of halogens is 4. The van der Waals surface area contributed by atoms with Crippen molar-refractivity contribution in [3.05, 3.63) is 116 Å². The second kappa shape index (κ2) is 11.2. The van der Waals surface area contributed by atoms with Crippen molar-refractivity contribution in [1.29, 1.82) is 5.26 Å². The molecule has 0 amide bonds. The molecule has 1 aliphatic heterocycles. The quantitative estimate of drug-likeness (QED) is 0.324. The number of rotatable bonds is 5. The highest BCUT2D eigenvalue weighted by molar-refractivity contribution is 6.30. The van der Waals surface area contributed by atoms with Gasteiger partial charge in [-0.2, -0.15) is 18.4 Å². The first-order valence-corrected chi connectivity index (χ1v) is 13.9. The number of hydrogen-bond acceptors (Lipinski definition) is 5. The van der Waals surface area contributed by atoms with Gasteiger partial charge < -0.3 is 10.5 Å². The molecule has 1 unspecified atom stereocenters. The maximum absolute atomic E-state index is 13.6. The van der Waals surface area contributed by atoms with E-state index in [4.69, 9.17) is 22.1 Å². The average molecular weight is 592 g/mol. The number of carbonyl (C=O) groups is 1. The Morgan fingerprint density at radius 2 is 1.86 bits per heavy atom. The van der Waals surface area contributed by atoms with Crippen molar-refractivity contribution in [2.75, 3.05) is 4.90 Å². The van der Waals surface area contributed by atoms with E-state index in [-0.39, 0.29) is 35.9 Å². The number of nitriles is 1. The van der Waals surface area contributed by atoms with Crippen LogP contribution in [0, 0.1) is 32.1 Å². The number of allylic oxidation sites excluding steroid dienone is 3. The fourth-order valence-electron chi connectivity index (χ4n) is 5.86. The highest BCUT2D eigenvalue weighted by Crippen LogP contribution is 2.48. The monoisotopic (exact) mass is 591 g/mol. The number of benzene rings is 3. The van der Waals surface area contributed by atoms with E-state index in [2.05, 4.69) is 6.07 Å². The molecular weight excluding hydrogens is 563 g/mol. The minimum absolute atomic E-state index is 0.0192. The Bertz CT molecular complexity index is 1700. The van der Waals surface area contributed by atoms with Crippen molar-refractivity contribution in [2.24, 2.45) is 5.73 Å². The second-order valence-electron chi connectivity index (χ2n) is 10.7. The average Bonchev–Trinajstić information content (AvgIpc) is 2.93. The third-order valence-electron chi connectivity index (χ3n) is 7.88. The van der Waals surface area contributed by atoms with Gasteiger partial charge in [0.1, 0.15) is 18.2 Å². The van der Waals surface area contributed by atoms with E-state index < -0.39 is 17.7 Å². The standard InChI is InChI=1S/C33H29ClF3N3O2/c1-18-12-21(17-42-29-11-10-23(34)14-19(29)2)20(3)25(13-18)30-26(16-38)32(39)40(27-8-5-9-28(41)31(27)30)24-7-4-6-22(15-24)33(35,36)37/h4,6-7,10-15,30H,5,8-9,17,39H2,1-3H3. The molecule has 0 bridgehead atoms. The minimum Gasteiger partial charge on any atom is -0.489 e. The molecule has 5 nitrogen and oxygen atoms in total. The van der Waals surface area contributed by atoms with Crippen molar-refractivity contribution in [3.63, 3.8) is 0 Å². The highest BCUT2D eigenvalue weighted by Gasteiger charge is 2.41. The Kier molecular flexibility index (Phi) is 7.82. The van der Waals surface area contributed by atoms with Crippen LogP contribution >= 0.6 is 11.6 Å². The largest absolute Gasteiger partial charge is 0.489 e. The van der Waals surface area contributed by atoms with Gasteiger partial charge in [-0.3, -0.25) is 9.69 Å². The Balaban J connectivity index is 1.63. The van der Waals surface area contributed by atoms with Crippen molar-refractivity contribution < 1.29 is 22.7 Å². The Morgan fingerprint density at radius 3 is 2.55 bits per heavy atom. The fourth-order valence-corrected chi connectivity index (χ4v) is 6.08. The molecule has 2 aliphatic rings. The summed E-state index contributed by atoms with van der Waals surface area (Å²) in [6, 6.07) is 16.3. The number of alkyl halides is 3. The van der Waals surface area contributed by atoms with Gasteiger partial charge in [0.25, 0.3) is 0 Å². The molecule has 1 atom stereocenters. The van der Waals surface area contributed by atoms with Gasteiger partial charge in [0.2, 0.25) is 0 Å². The molecule has 42 heavy (non-hydrogen) atoms. The van der Waals surface area contributed by atoms with E-state index in [1.165, 1.54) is 17.0 Å². The Labute approximate surface area is 247 Å². The van der Waals surface area contributed by atoms with Crippen LogP contribution in [0.4, 0.5) is 18.9 Å². The van der Waals surface area contributed by atoms with Gasteiger partial charge >= 0.3 is 6.18 Å². The smallest absolute Gasteiger partial charge is 0.416 e. The van der Waals surface area contributed by atoms with Crippen LogP contribution in [0.2, 0.25) is 5.02 Å². The van der Waals surface area contributed by atoms with Crippen LogP contribution in [0.15, 0.2) is 77.3 Å². The molecular formula is C33H29ClF3N3O2. The molecule has 9 heteroatoms. The number of nitrogens with two attached hydrogens (primary N) is 1. The summed E-state index contributed by atoms with van der Waals surface area (Å²) < 4.78 is 46.9. The molecule has 0 spiro atoms. The Hall–Kier alpha value is -4.22. The predicted octanol–water partition coefficient (Wildman–Crippen LogP) is 8.17. The number of Topliss-reactive ketones (excluding diaryl/α,β-unsaturated/α-hetero) is 1. The molecule has 0 fully saturated rings. The van der Waals surface area contributed by atoms with Crippen molar-refractivity contribution in [3.8, 4) is 11.8 Å². The van der Waals surface area contributed by atoms with Gasteiger partial charge in [0.15, 0.2) is 5.78 Å². The molecule has 3 aromatic carbocycles. The zero-order valence-electron chi connectivity index (χ0n) is 23.4. The van der Waals surface area contributed by atoms with Gasteiger partial charge in [-0.1, -0.05) is 35.4 Å². The SMILES string of the molecule is Cc1cc(COc2ccc(Cl)cc2C)c(C)c(C2C(C#N)=C(N)N(c3cccc(C(F)(F)F)c3)C3=C2C(=O)CCC3)c1. The lowest BCUT2D eigenvalue weighted by Crippen LogP contribution is -2.39. The van der Waals surface area contributed by atoms with Gasteiger partial charge in [0, 0.05) is 28.4 Å². The Morgan fingerprint density at radius 1 is 1.10 bits per heavy atom. The first kappa shape index (κ1) is 29.3. The zero-order valence-corrected chi connectivity index (χ0v) is 24.2. The minimum atomic E-state index is -4.56. The van der Waals surface area contributed by atoms with Crippen LogP contribution in [0.25, 0.3) is 0 Å². The van der Waals surface area contributed by atoms with Crippen LogP contribution in [0.5, 0.6) is 5.75 Å². The predicted molar refractivity (Wildman–Crippen MR) is 156 cm³/mol. The van der Waals surface area contributed by atoms with Crippen molar-refractivity contribution in [2.45, 2.75) is 58.7 Å². The van der Waals surface area contributed by atoms with Crippen LogP contribution in [-0.4, -0.2) is 5.78 Å². The molecule has 0 radical (unpaired) electrons. The highest BCUT2D eigenvalue weighted by atomic mass is 35.5. The first-order valence-electron chi connectivity index (χ1n) is 13.5. The molecule has 0 saturated carbocycles. The van der Waals surface area contributed by atoms with Crippen molar-refractivity contribution >= 4 is 23.1 Å². The summed E-state index contributed by atoms with van der Waals surface area (Å²) in [6.45, 7) is 5.99. The molecule has 1 heterocycles. The van der Waals surface area contributed by atoms with E-state index in [9.17, 15) is 23.2 Å². The normalized spacial score (nSPS) is 17.3. The molecule has 0 aromatic heterocycles. The lowest BCUT2D eigenvalue weighted by atomic mass is 9.73. The van der Waals surface area contributed by atoms with Gasteiger partial charge in [-0.05, 0) is 92.3 Å². The van der Waals surface area contributed by atoms with E-state index in [1.807, 2.05) is 45.0 Å². The molecule has 216 valence electrons. The number of hydrogen-bond donors (Lipinski definition) is 1. The molecule has 1 aliphatic carbocycles.